The maximum Gasteiger partial charge on any atom is 0.227 e. The Balaban J connectivity index is 1.27. The molecule has 38 heavy (non-hydrogen) atoms. The number of benzene rings is 1. The van der Waals surface area contributed by atoms with Crippen molar-refractivity contribution in [2.24, 2.45) is 5.92 Å². The van der Waals surface area contributed by atoms with E-state index in [4.69, 9.17) is 4.98 Å². The van der Waals surface area contributed by atoms with E-state index < -0.39 is 0 Å². The van der Waals surface area contributed by atoms with E-state index in [2.05, 4.69) is 35.5 Å². The molecule has 7 rings (SSSR count). The largest absolute Gasteiger partial charge is 0.336 e. The molecular weight excluding hydrogens is 483 g/mol. The van der Waals surface area contributed by atoms with Crippen molar-refractivity contribution in [3.8, 4) is 34.0 Å². The van der Waals surface area contributed by atoms with Gasteiger partial charge in [-0.05, 0) is 43.2 Å². The molecule has 1 aliphatic carbocycles. The van der Waals surface area contributed by atoms with Gasteiger partial charge in [0.15, 0.2) is 5.82 Å². The molecule has 186 valence electrons. The lowest BCUT2D eigenvalue weighted by molar-refractivity contribution is -0.122. The summed E-state index contributed by atoms with van der Waals surface area (Å²) in [6, 6.07) is 12.1. The summed E-state index contributed by atoms with van der Waals surface area (Å²) in [5.74, 6) is 0.274. The lowest BCUT2D eigenvalue weighted by Gasteiger charge is -2.24. The third-order valence-electron chi connectivity index (χ3n) is 6.98. The van der Waals surface area contributed by atoms with Crippen molar-refractivity contribution in [2.75, 3.05) is 5.32 Å². The lowest BCUT2D eigenvalue weighted by atomic mass is 9.85. The number of anilines is 1. The summed E-state index contributed by atoms with van der Waals surface area (Å²) >= 11 is 0. The Labute approximate surface area is 215 Å². The fourth-order valence-corrected chi connectivity index (χ4v) is 4.72. The van der Waals surface area contributed by atoms with Crippen molar-refractivity contribution < 1.29 is 9.18 Å². The van der Waals surface area contributed by atoms with E-state index in [0.29, 0.717) is 39.7 Å². The number of fused-ring (bicyclic) bond motifs is 2. The highest BCUT2D eigenvalue weighted by molar-refractivity contribution is 5.97. The molecule has 0 spiro atoms. The van der Waals surface area contributed by atoms with E-state index in [9.17, 15) is 9.18 Å². The van der Waals surface area contributed by atoms with Gasteiger partial charge in [-0.1, -0.05) is 18.6 Å². The summed E-state index contributed by atoms with van der Waals surface area (Å²) in [6.07, 6.45) is 9.63. The van der Waals surface area contributed by atoms with Crippen LogP contribution >= 0.6 is 0 Å². The number of pyridine rings is 3. The van der Waals surface area contributed by atoms with Gasteiger partial charge in [-0.2, -0.15) is 5.10 Å². The molecule has 1 saturated carbocycles. The van der Waals surface area contributed by atoms with Gasteiger partial charge in [0.25, 0.3) is 0 Å². The Hall–Kier alpha value is -4.99. The van der Waals surface area contributed by atoms with Crippen molar-refractivity contribution in [3.05, 3.63) is 73.1 Å². The number of aromatic nitrogens is 7. The minimum Gasteiger partial charge on any atom is -0.336 e. The molecule has 1 fully saturated rings. The number of H-pyrrole nitrogens is 2. The fourth-order valence-electron chi connectivity index (χ4n) is 4.72. The van der Waals surface area contributed by atoms with Crippen molar-refractivity contribution in [2.45, 2.75) is 19.3 Å². The maximum atomic E-state index is 14.5. The second-order valence-corrected chi connectivity index (χ2v) is 9.39. The second kappa shape index (κ2) is 8.84. The lowest BCUT2D eigenvalue weighted by Crippen LogP contribution is -2.28. The number of hydrogen-bond donors (Lipinski definition) is 3. The number of imidazole rings is 1. The van der Waals surface area contributed by atoms with Crippen molar-refractivity contribution in [1.82, 2.24) is 35.1 Å². The average Bonchev–Trinajstić information content (AvgIpc) is 3.52. The zero-order valence-corrected chi connectivity index (χ0v) is 20.1. The molecule has 5 heterocycles. The van der Waals surface area contributed by atoms with Gasteiger partial charge >= 0.3 is 0 Å². The van der Waals surface area contributed by atoms with Crippen LogP contribution in [-0.4, -0.2) is 41.0 Å². The highest BCUT2D eigenvalue weighted by Crippen LogP contribution is 2.33. The Morgan fingerprint density at radius 2 is 1.89 bits per heavy atom. The first-order valence-corrected chi connectivity index (χ1v) is 12.3. The topological polar surface area (TPSA) is 125 Å². The Morgan fingerprint density at radius 1 is 1.00 bits per heavy atom. The molecule has 1 aliphatic rings. The van der Waals surface area contributed by atoms with E-state index in [1.165, 1.54) is 6.07 Å². The number of aromatic amines is 2. The Morgan fingerprint density at radius 3 is 2.74 bits per heavy atom. The number of carbonyl (C=O) groups excluding carboxylic acids is 1. The van der Waals surface area contributed by atoms with Crippen molar-refractivity contribution in [3.63, 3.8) is 0 Å². The first kappa shape index (κ1) is 22.2. The van der Waals surface area contributed by atoms with E-state index in [1.54, 1.807) is 49.1 Å². The van der Waals surface area contributed by atoms with E-state index in [0.717, 1.165) is 41.2 Å². The third kappa shape index (κ3) is 3.78. The first-order valence-electron chi connectivity index (χ1n) is 12.3. The molecule has 1 amide bonds. The van der Waals surface area contributed by atoms with Crippen LogP contribution in [0.2, 0.25) is 0 Å². The number of hydrogen-bond acceptors (Lipinski definition) is 6. The molecule has 0 atom stereocenters. The summed E-state index contributed by atoms with van der Waals surface area (Å²) in [5.41, 5.74) is 5.52. The average molecular weight is 505 g/mol. The van der Waals surface area contributed by atoms with Crippen LogP contribution in [0.25, 0.3) is 56.0 Å². The number of rotatable bonds is 5. The number of halogens is 1. The van der Waals surface area contributed by atoms with Gasteiger partial charge in [-0.25, -0.2) is 9.37 Å². The number of amides is 1. The van der Waals surface area contributed by atoms with Crippen molar-refractivity contribution >= 4 is 33.5 Å². The van der Waals surface area contributed by atoms with Crippen LogP contribution < -0.4 is 5.32 Å². The standard InChI is InChI=1S/C28H21FN8O/c29-20-7-2-1-6-18(20)24-26-21(8-9-31-24)34-27(35-26)25-19-11-22(32-14-23(19)36-37-25)16-10-17(13-30-12-16)33-28(38)15-4-3-5-15/h1-2,6-15H,3-5H2,(H,33,38)(H,34,35)(H,36,37). The van der Waals surface area contributed by atoms with E-state index >= 15 is 0 Å². The summed E-state index contributed by atoms with van der Waals surface area (Å²) in [4.78, 5) is 33.7. The van der Waals surface area contributed by atoms with Crippen LogP contribution in [0, 0.1) is 11.7 Å². The summed E-state index contributed by atoms with van der Waals surface area (Å²) in [7, 11) is 0. The first-order chi connectivity index (χ1) is 18.6. The van der Waals surface area contributed by atoms with Gasteiger partial charge in [0.1, 0.15) is 22.7 Å². The molecule has 5 aromatic heterocycles. The van der Waals surface area contributed by atoms with Gasteiger partial charge in [0, 0.05) is 34.8 Å². The predicted molar refractivity (Wildman–Crippen MR) is 141 cm³/mol. The fraction of sp³-hybridized carbons (Fsp3) is 0.143. The summed E-state index contributed by atoms with van der Waals surface area (Å²) < 4.78 is 14.5. The van der Waals surface area contributed by atoms with Crippen molar-refractivity contribution in [1.29, 1.82) is 0 Å². The van der Waals surface area contributed by atoms with Gasteiger partial charge in [-0.15, -0.1) is 0 Å². The highest BCUT2D eigenvalue weighted by atomic mass is 19.1. The molecule has 3 N–H and O–H groups in total. The Bertz CT molecular complexity index is 1840. The predicted octanol–water partition coefficient (Wildman–Crippen LogP) is 5.50. The normalized spacial score (nSPS) is 13.6. The van der Waals surface area contributed by atoms with Gasteiger partial charge < -0.3 is 10.3 Å². The SMILES string of the molecule is O=C(Nc1cncc(-c2cc3c(-c4nc5c(-c6ccccc6F)nccc5[nH]4)n[nH]c3cn2)c1)C1CCC1. The van der Waals surface area contributed by atoms with Crippen LogP contribution in [0.4, 0.5) is 10.1 Å². The quantitative estimate of drug-likeness (QED) is 0.285. The molecule has 0 bridgehead atoms. The molecule has 0 saturated heterocycles. The van der Waals surface area contributed by atoms with Crippen LogP contribution in [0.3, 0.4) is 0 Å². The zero-order valence-electron chi connectivity index (χ0n) is 20.1. The Kier molecular flexibility index (Phi) is 5.17. The van der Waals surface area contributed by atoms with Gasteiger partial charge in [0.05, 0.1) is 34.8 Å². The van der Waals surface area contributed by atoms with Crippen LogP contribution in [0.5, 0.6) is 0 Å². The van der Waals surface area contributed by atoms with Crippen LogP contribution in [0.1, 0.15) is 19.3 Å². The second-order valence-electron chi connectivity index (χ2n) is 9.39. The summed E-state index contributed by atoms with van der Waals surface area (Å²) in [5, 5.41) is 11.3. The molecule has 9 nitrogen and oxygen atoms in total. The van der Waals surface area contributed by atoms with Gasteiger partial charge in [-0.3, -0.25) is 24.8 Å². The van der Waals surface area contributed by atoms with E-state index in [-0.39, 0.29) is 17.6 Å². The molecule has 1 aromatic carbocycles. The minimum atomic E-state index is -0.363. The van der Waals surface area contributed by atoms with E-state index in [1.807, 2.05) is 12.1 Å². The van der Waals surface area contributed by atoms with Crippen LogP contribution in [-0.2, 0) is 4.79 Å². The summed E-state index contributed by atoms with van der Waals surface area (Å²) in [6.45, 7) is 0. The highest BCUT2D eigenvalue weighted by Gasteiger charge is 2.25. The minimum absolute atomic E-state index is 0.0323. The van der Waals surface area contributed by atoms with Gasteiger partial charge in [0.2, 0.25) is 5.91 Å². The molecule has 10 heteroatoms. The smallest absolute Gasteiger partial charge is 0.227 e. The zero-order chi connectivity index (χ0) is 25.6. The number of nitrogens with one attached hydrogen (secondary N) is 3. The number of nitrogens with zero attached hydrogens (tertiary/aromatic N) is 5. The molecule has 0 aliphatic heterocycles. The number of carbonyl (C=O) groups is 1. The van der Waals surface area contributed by atoms with Crippen LogP contribution in [0.15, 0.2) is 67.3 Å². The molecule has 0 radical (unpaired) electrons. The monoisotopic (exact) mass is 504 g/mol. The maximum absolute atomic E-state index is 14.5. The molecule has 6 aromatic rings. The third-order valence-corrected chi connectivity index (χ3v) is 6.98. The molecular formula is C28H21FN8O. The molecule has 0 unspecified atom stereocenters.